The van der Waals surface area contributed by atoms with Crippen molar-refractivity contribution in [1.29, 1.82) is 0 Å². The van der Waals surface area contributed by atoms with Gasteiger partial charge in [0.1, 0.15) is 0 Å². The number of halogens is 2. The number of aromatic nitrogens is 2. The summed E-state index contributed by atoms with van der Waals surface area (Å²) in [5.74, 6) is -1.76. The number of hydrogen-bond acceptors (Lipinski definition) is 3. The van der Waals surface area contributed by atoms with Gasteiger partial charge in [0.25, 0.3) is 0 Å². The van der Waals surface area contributed by atoms with Gasteiger partial charge in [0.2, 0.25) is 5.91 Å². The third-order valence-electron chi connectivity index (χ3n) is 4.51. The summed E-state index contributed by atoms with van der Waals surface area (Å²) >= 11 is 0. The Balaban J connectivity index is 2.25. The highest BCUT2D eigenvalue weighted by Gasteiger charge is 2.26. The molecule has 1 heterocycles. The molecule has 0 aliphatic rings. The van der Waals surface area contributed by atoms with Crippen LogP contribution < -0.4 is 5.32 Å². The lowest BCUT2D eigenvalue weighted by atomic mass is 9.97. The van der Waals surface area contributed by atoms with Crippen molar-refractivity contribution in [1.82, 2.24) is 15.1 Å². The van der Waals surface area contributed by atoms with Crippen LogP contribution in [0.4, 0.5) is 8.78 Å². The highest BCUT2D eigenvalue weighted by atomic mass is 19.3. The lowest BCUT2D eigenvalue weighted by Crippen LogP contribution is -2.35. The van der Waals surface area contributed by atoms with Crippen molar-refractivity contribution in [3.63, 3.8) is 0 Å². The van der Waals surface area contributed by atoms with Crippen LogP contribution in [0.2, 0.25) is 0 Å². The maximum Gasteiger partial charge on any atom is 0.333 e. The number of carbonyl (C=O) groups excluding carboxylic acids is 1. The van der Waals surface area contributed by atoms with Crippen molar-refractivity contribution in [2.75, 3.05) is 0 Å². The summed E-state index contributed by atoms with van der Waals surface area (Å²) in [6.45, 7) is 3.83. The van der Waals surface area contributed by atoms with E-state index in [4.69, 9.17) is 0 Å². The molecular weight excluding hydrogens is 344 g/mol. The van der Waals surface area contributed by atoms with E-state index in [-0.39, 0.29) is 12.1 Å². The second kappa shape index (κ2) is 7.63. The Labute approximate surface area is 149 Å². The number of carboxylic acids is 1. The van der Waals surface area contributed by atoms with Gasteiger partial charge < -0.3 is 10.4 Å². The Hall–Kier alpha value is -2.77. The molecule has 0 bridgehead atoms. The molecule has 8 heteroatoms. The minimum absolute atomic E-state index is 0.186. The molecule has 1 atom stereocenters. The maximum absolute atomic E-state index is 12.9. The van der Waals surface area contributed by atoms with E-state index in [1.165, 1.54) is 13.8 Å². The number of nitrogens with one attached hydrogen (secondary N) is 1. The summed E-state index contributed by atoms with van der Waals surface area (Å²) in [5, 5.41) is 15.7. The molecule has 1 aromatic carbocycles. The normalized spacial score (nSPS) is 12.3. The zero-order valence-corrected chi connectivity index (χ0v) is 15.0. The summed E-state index contributed by atoms with van der Waals surface area (Å²) in [6.07, 6.45) is -0.223. The van der Waals surface area contributed by atoms with Gasteiger partial charge in [-0.2, -0.15) is 13.9 Å². The van der Waals surface area contributed by atoms with E-state index in [1.54, 1.807) is 19.1 Å². The van der Waals surface area contributed by atoms with Crippen LogP contribution in [-0.4, -0.2) is 26.8 Å². The van der Waals surface area contributed by atoms with Crippen LogP contribution in [0.25, 0.3) is 0 Å². The van der Waals surface area contributed by atoms with Crippen LogP contribution in [0.1, 0.15) is 46.2 Å². The minimum Gasteiger partial charge on any atom is -0.479 e. The first kappa shape index (κ1) is 19.6. The van der Waals surface area contributed by atoms with Gasteiger partial charge in [0, 0.05) is 11.3 Å². The summed E-state index contributed by atoms with van der Waals surface area (Å²) in [6, 6.07) is 4.01. The summed E-state index contributed by atoms with van der Waals surface area (Å²) < 4.78 is 26.4. The van der Waals surface area contributed by atoms with Gasteiger partial charge in [0.05, 0.1) is 12.1 Å². The number of alkyl halides is 2. The smallest absolute Gasteiger partial charge is 0.333 e. The molecule has 0 fully saturated rings. The van der Waals surface area contributed by atoms with Crippen LogP contribution in [0, 0.1) is 27.7 Å². The molecule has 0 aliphatic heterocycles. The number of rotatable bonds is 6. The fourth-order valence-electron chi connectivity index (χ4n) is 2.87. The second-order valence-corrected chi connectivity index (χ2v) is 6.18. The molecule has 2 N–H and O–H groups in total. The van der Waals surface area contributed by atoms with E-state index < -0.39 is 24.5 Å². The Bertz CT molecular complexity index is 846. The molecule has 0 radical (unpaired) electrons. The van der Waals surface area contributed by atoms with Gasteiger partial charge in [-0.15, -0.1) is 0 Å². The van der Waals surface area contributed by atoms with Gasteiger partial charge in [-0.1, -0.05) is 18.2 Å². The molecule has 2 aromatic rings. The van der Waals surface area contributed by atoms with Gasteiger partial charge in [-0.25, -0.2) is 9.48 Å². The van der Waals surface area contributed by atoms with Crippen LogP contribution in [0.15, 0.2) is 18.2 Å². The topological polar surface area (TPSA) is 84.2 Å². The van der Waals surface area contributed by atoms with E-state index >= 15 is 0 Å². The van der Waals surface area contributed by atoms with E-state index in [1.807, 2.05) is 13.0 Å². The molecule has 140 valence electrons. The molecule has 1 unspecified atom stereocenters. The lowest BCUT2D eigenvalue weighted by Gasteiger charge is -2.18. The maximum atomic E-state index is 12.9. The number of aryl methyl sites for hydroxylation is 2. The van der Waals surface area contributed by atoms with E-state index in [2.05, 4.69) is 10.4 Å². The van der Waals surface area contributed by atoms with Gasteiger partial charge in [0.15, 0.2) is 6.04 Å². The molecule has 0 saturated carbocycles. The lowest BCUT2D eigenvalue weighted by molar-refractivity contribution is -0.142. The second-order valence-electron chi connectivity index (χ2n) is 6.18. The molecule has 1 amide bonds. The molecule has 0 saturated heterocycles. The first-order valence-electron chi connectivity index (χ1n) is 8.04. The van der Waals surface area contributed by atoms with Gasteiger partial charge in [-0.05, 0) is 44.4 Å². The first-order chi connectivity index (χ1) is 12.1. The number of amides is 1. The summed E-state index contributed by atoms with van der Waals surface area (Å²) in [4.78, 5) is 24.0. The van der Waals surface area contributed by atoms with E-state index in [9.17, 15) is 23.5 Å². The quantitative estimate of drug-likeness (QED) is 0.824. The van der Waals surface area contributed by atoms with E-state index in [0.717, 1.165) is 11.1 Å². The molecule has 0 aliphatic carbocycles. The summed E-state index contributed by atoms with van der Waals surface area (Å²) in [7, 11) is 0. The Morgan fingerprint density at radius 2 is 1.88 bits per heavy atom. The predicted octanol–water partition coefficient (Wildman–Crippen LogP) is 3.00. The number of carboxylic acid groups (broad SMARTS) is 1. The fraction of sp³-hybridized carbons (Fsp3) is 0.389. The number of nitrogens with zero attached hydrogens (tertiary/aromatic N) is 2. The number of hydrogen-bond donors (Lipinski definition) is 2. The molecular formula is C18H21F2N3O3. The average Bonchev–Trinajstić information content (AvgIpc) is 2.83. The van der Waals surface area contributed by atoms with Crippen molar-refractivity contribution in [3.05, 3.63) is 51.8 Å². The fourth-order valence-corrected chi connectivity index (χ4v) is 2.87. The molecule has 26 heavy (non-hydrogen) atoms. The van der Waals surface area contributed by atoms with E-state index in [0.29, 0.717) is 21.5 Å². The van der Waals surface area contributed by atoms with Crippen molar-refractivity contribution < 1.29 is 23.5 Å². The average molecular weight is 365 g/mol. The number of carbonyl (C=O) groups is 2. The predicted molar refractivity (Wildman–Crippen MR) is 91.1 cm³/mol. The highest BCUT2D eigenvalue weighted by molar-refractivity contribution is 5.86. The number of benzene rings is 1. The van der Waals surface area contributed by atoms with Crippen molar-refractivity contribution in [2.24, 2.45) is 0 Å². The van der Waals surface area contributed by atoms with Gasteiger partial charge in [-0.3, -0.25) is 4.79 Å². The molecule has 2 rings (SSSR count). The standard InChI is InChI=1S/C18H21F2N3O3/c1-9-6-5-7-13(10(9)2)16(17(25)26)21-15(24)8-14-11(3)22-23(12(14)4)18(19)20/h5-7,16,18H,8H2,1-4H3,(H,21,24)(H,25,26). The molecule has 0 spiro atoms. The number of aliphatic carboxylic acids is 1. The van der Waals surface area contributed by atoms with Crippen molar-refractivity contribution in [2.45, 2.75) is 46.7 Å². The Kier molecular flexibility index (Phi) is 5.74. The van der Waals surface area contributed by atoms with Crippen LogP contribution in [-0.2, 0) is 16.0 Å². The largest absolute Gasteiger partial charge is 0.479 e. The minimum atomic E-state index is -2.80. The first-order valence-corrected chi connectivity index (χ1v) is 8.04. The Morgan fingerprint density at radius 3 is 2.42 bits per heavy atom. The molecule has 6 nitrogen and oxygen atoms in total. The summed E-state index contributed by atoms with van der Waals surface area (Å²) in [5.41, 5.74) is 3.05. The monoisotopic (exact) mass is 365 g/mol. The zero-order chi connectivity index (χ0) is 19.6. The van der Waals surface area contributed by atoms with Crippen LogP contribution >= 0.6 is 0 Å². The third-order valence-corrected chi connectivity index (χ3v) is 4.51. The molecule has 1 aromatic heterocycles. The highest BCUT2D eigenvalue weighted by Crippen LogP contribution is 2.23. The van der Waals surface area contributed by atoms with Gasteiger partial charge >= 0.3 is 12.5 Å². The van der Waals surface area contributed by atoms with Crippen LogP contribution in [0.5, 0.6) is 0 Å². The van der Waals surface area contributed by atoms with Crippen molar-refractivity contribution >= 4 is 11.9 Å². The SMILES string of the molecule is Cc1cccc(C(NC(=O)Cc2c(C)nn(C(F)F)c2C)C(=O)O)c1C. The van der Waals surface area contributed by atoms with Crippen LogP contribution in [0.3, 0.4) is 0 Å². The third kappa shape index (κ3) is 3.89. The Morgan fingerprint density at radius 1 is 1.23 bits per heavy atom. The zero-order valence-electron chi connectivity index (χ0n) is 15.0. The van der Waals surface area contributed by atoms with Crippen molar-refractivity contribution in [3.8, 4) is 0 Å².